The lowest BCUT2D eigenvalue weighted by Crippen LogP contribution is -2.08. The van der Waals surface area contributed by atoms with Crippen molar-refractivity contribution in [1.82, 2.24) is 9.97 Å². The predicted octanol–water partition coefficient (Wildman–Crippen LogP) is 4.76. The van der Waals surface area contributed by atoms with Crippen LogP contribution in [-0.4, -0.2) is 16.5 Å². The summed E-state index contributed by atoms with van der Waals surface area (Å²) in [6.45, 7) is 5.16. The first-order valence-corrected chi connectivity index (χ1v) is 8.66. The summed E-state index contributed by atoms with van der Waals surface area (Å²) in [5, 5.41) is 3.42. The minimum absolute atomic E-state index is 0.705. The quantitative estimate of drug-likeness (QED) is 0.745. The largest absolute Gasteiger partial charge is 0.369 e. The fraction of sp³-hybridized carbons (Fsp3) is 0.412. The van der Waals surface area contributed by atoms with Gasteiger partial charge in [0.15, 0.2) is 5.82 Å². The smallest absolute Gasteiger partial charge is 0.162 e. The van der Waals surface area contributed by atoms with E-state index in [1.807, 2.05) is 0 Å². The summed E-state index contributed by atoms with van der Waals surface area (Å²) in [7, 11) is 0. The molecule has 1 saturated carbocycles. The van der Waals surface area contributed by atoms with Crippen molar-refractivity contribution >= 4 is 28.4 Å². The van der Waals surface area contributed by atoms with Crippen LogP contribution in [0.15, 0.2) is 24.3 Å². The maximum Gasteiger partial charge on any atom is 0.162 e. The molecule has 3 nitrogen and oxygen atoms in total. The zero-order chi connectivity index (χ0) is 14.8. The molecule has 1 heterocycles. The van der Waals surface area contributed by atoms with Crippen molar-refractivity contribution in [3.63, 3.8) is 0 Å². The number of aromatic nitrogens is 2. The Bertz CT molecular complexity index is 650. The Hall–Kier alpha value is -1.17. The number of benzene rings is 1. The fourth-order valence-corrected chi connectivity index (χ4v) is 2.92. The third-order valence-corrected chi connectivity index (χ3v) is 5.07. The van der Waals surface area contributed by atoms with Crippen LogP contribution in [0.25, 0.3) is 11.4 Å². The van der Waals surface area contributed by atoms with Crippen LogP contribution >= 0.6 is 22.6 Å². The fourth-order valence-electron chi connectivity index (χ4n) is 2.49. The first-order valence-electron chi connectivity index (χ1n) is 7.58. The van der Waals surface area contributed by atoms with Gasteiger partial charge in [-0.1, -0.05) is 31.2 Å². The first-order chi connectivity index (χ1) is 10.2. The zero-order valence-electron chi connectivity index (χ0n) is 12.5. The van der Waals surface area contributed by atoms with E-state index < -0.39 is 0 Å². The Morgan fingerprint density at radius 1 is 1.24 bits per heavy atom. The molecule has 1 N–H and O–H groups in total. The van der Waals surface area contributed by atoms with Gasteiger partial charge in [-0.3, -0.25) is 0 Å². The molecule has 0 amide bonds. The van der Waals surface area contributed by atoms with E-state index in [-0.39, 0.29) is 0 Å². The number of halogens is 1. The van der Waals surface area contributed by atoms with Crippen molar-refractivity contribution in [2.24, 2.45) is 0 Å². The highest BCUT2D eigenvalue weighted by molar-refractivity contribution is 14.1. The van der Waals surface area contributed by atoms with Crippen molar-refractivity contribution in [3.8, 4) is 11.4 Å². The van der Waals surface area contributed by atoms with Gasteiger partial charge in [-0.05, 0) is 60.3 Å². The number of nitrogens with zero attached hydrogens (tertiary/aromatic N) is 2. The number of nitrogens with one attached hydrogen (secondary N) is 1. The number of anilines is 1. The van der Waals surface area contributed by atoms with Gasteiger partial charge in [0.05, 0.1) is 9.26 Å². The van der Waals surface area contributed by atoms with Gasteiger partial charge in [-0.15, -0.1) is 0 Å². The minimum Gasteiger partial charge on any atom is -0.369 e. The Labute approximate surface area is 139 Å². The van der Waals surface area contributed by atoms with Crippen molar-refractivity contribution in [2.75, 3.05) is 11.9 Å². The second-order valence-corrected chi connectivity index (χ2v) is 6.66. The van der Waals surface area contributed by atoms with E-state index in [1.165, 1.54) is 24.0 Å². The summed E-state index contributed by atoms with van der Waals surface area (Å²) in [5.74, 6) is 2.52. The maximum atomic E-state index is 4.78. The predicted molar refractivity (Wildman–Crippen MR) is 95.7 cm³/mol. The lowest BCUT2D eigenvalue weighted by Gasteiger charge is -2.13. The maximum absolute atomic E-state index is 4.78. The number of rotatable bonds is 5. The molecule has 1 fully saturated rings. The number of aryl methyl sites for hydroxylation is 1. The zero-order valence-corrected chi connectivity index (χ0v) is 14.6. The van der Waals surface area contributed by atoms with Gasteiger partial charge in [0.1, 0.15) is 5.82 Å². The summed E-state index contributed by atoms with van der Waals surface area (Å²) in [6, 6.07) is 8.58. The summed E-state index contributed by atoms with van der Waals surface area (Å²) in [5.41, 5.74) is 3.64. The summed E-state index contributed by atoms with van der Waals surface area (Å²) in [6.07, 6.45) is 3.68. The van der Waals surface area contributed by atoms with Gasteiger partial charge in [0.2, 0.25) is 0 Å². The summed E-state index contributed by atoms with van der Waals surface area (Å²) < 4.78 is 1.12. The highest BCUT2D eigenvalue weighted by Crippen LogP contribution is 2.43. The lowest BCUT2D eigenvalue weighted by atomic mass is 10.0. The van der Waals surface area contributed by atoms with Crippen LogP contribution < -0.4 is 5.32 Å². The standard InChI is InChI=1S/C17H20IN3/c1-3-10-19-17-15(18)11(2)20-16(21-17)14-7-5-4-6-13(14)12-8-9-12/h4-7,12H,3,8-10H2,1-2H3,(H,19,20,21). The van der Waals surface area contributed by atoms with E-state index in [4.69, 9.17) is 9.97 Å². The molecule has 21 heavy (non-hydrogen) atoms. The second-order valence-electron chi connectivity index (χ2n) is 5.58. The number of hydrogen-bond acceptors (Lipinski definition) is 3. The molecule has 0 atom stereocenters. The van der Waals surface area contributed by atoms with Crippen LogP contribution in [0.3, 0.4) is 0 Å². The van der Waals surface area contributed by atoms with Crippen LogP contribution in [0.5, 0.6) is 0 Å². The second kappa shape index (κ2) is 6.30. The molecule has 0 spiro atoms. The molecule has 4 heteroatoms. The Morgan fingerprint density at radius 3 is 2.71 bits per heavy atom. The lowest BCUT2D eigenvalue weighted by molar-refractivity contribution is 0.957. The average molecular weight is 393 g/mol. The molecular formula is C17H20IN3. The molecule has 0 radical (unpaired) electrons. The molecule has 3 rings (SSSR count). The van der Waals surface area contributed by atoms with Crippen LogP contribution in [0.4, 0.5) is 5.82 Å². The minimum atomic E-state index is 0.705. The number of hydrogen-bond donors (Lipinski definition) is 1. The monoisotopic (exact) mass is 393 g/mol. The Balaban J connectivity index is 2.04. The molecule has 1 aromatic carbocycles. The van der Waals surface area contributed by atoms with E-state index in [0.717, 1.165) is 33.9 Å². The molecule has 0 saturated heterocycles. The third kappa shape index (κ3) is 3.20. The molecule has 2 aromatic rings. The first kappa shape index (κ1) is 14.8. The molecule has 1 aliphatic rings. The Kier molecular flexibility index (Phi) is 4.42. The van der Waals surface area contributed by atoms with Crippen LogP contribution in [0, 0.1) is 10.5 Å². The topological polar surface area (TPSA) is 37.8 Å². The summed E-state index contributed by atoms with van der Waals surface area (Å²) >= 11 is 2.33. The van der Waals surface area contributed by atoms with Crippen molar-refractivity contribution in [2.45, 2.75) is 39.0 Å². The molecule has 110 valence electrons. The van der Waals surface area contributed by atoms with E-state index in [0.29, 0.717) is 5.92 Å². The SMILES string of the molecule is CCCNc1nc(-c2ccccc2C2CC2)nc(C)c1I. The normalized spacial score (nSPS) is 14.2. The van der Waals surface area contributed by atoms with Crippen LogP contribution in [-0.2, 0) is 0 Å². The van der Waals surface area contributed by atoms with E-state index in [9.17, 15) is 0 Å². The van der Waals surface area contributed by atoms with Crippen molar-refractivity contribution < 1.29 is 0 Å². The molecule has 1 aliphatic carbocycles. The molecule has 0 unspecified atom stereocenters. The van der Waals surface area contributed by atoms with Gasteiger partial charge in [-0.25, -0.2) is 9.97 Å². The third-order valence-electron chi connectivity index (χ3n) is 3.78. The summed E-state index contributed by atoms with van der Waals surface area (Å²) in [4.78, 5) is 9.51. The van der Waals surface area contributed by atoms with E-state index in [1.54, 1.807) is 0 Å². The molecule has 0 aliphatic heterocycles. The molecule has 0 bridgehead atoms. The highest BCUT2D eigenvalue weighted by atomic mass is 127. The van der Waals surface area contributed by atoms with E-state index in [2.05, 4.69) is 66.0 Å². The average Bonchev–Trinajstić information content (AvgIpc) is 3.33. The van der Waals surface area contributed by atoms with Gasteiger partial charge < -0.3 is 5.32 Å². The highest BCUT2D eigenvalue weighted by Gasteiger charge is 2.27. The van der Waals surface area contributed by atoms with Gasteiger partial charge in [0.25, 0.3) is 0 Å². The van der Waals surface area contributed by atoms with Crippen molar-refractivity contribution in [3.05, 3.63) is 39.1 Å². The van der Waals surface area contributed by atoms with Gasteiger partial charge >= 0.3 is 0 Å². The van der Waals surface area contributed by atoms with Crippen molar-refractivity contribution in [1.29, 1.82) is 0 Å². The van der Waals surface area contributed by atoms with Gasteiger partial charge in [-0.2, -0.15) is 0 Å². The van der Waals surface area contributed by atoms with E-state index >= 15 is 0 Å². The van der Waals surface area contributed by atoms with Gasteiger partial charge in [0, 0.05) is 12.1 Å². The Morgan fingerprint density at radius 2 is 2.00 bits per heavy atom. The molecular weight excluding hydrogens is 373 g/mol. The van der Waals surface area contributed by atoms with Crippen LogP contribution in [0.2, 0.25) is 0 Å². The molecule has 1 aromatic heterocycles. The van der Waals surface area contributed by atoms with Crippen LogP contribution in [0.1, 0.15) is 43.4 Å².